The number of likely N-dealkylation sites (tertiary alicyclic amines) is 1. The Morgan fingerprint density at radius 1 is 1.40 bits per heavy atom. The van der Waals surface area contributed by atoms with Crippen LogP contribution in [-0.4, -0.2) is 54.6 Å². The third kappa shape index (κ3) is 5.46. The van der Waals surface area contributed by atoms with Gasteiger partial charge in [0.25, 0.3) is 0 Å². The predicted molar refractivity (Wildman–Crippen MR) is 76.9 cm³/mol. The molecule has 6 nitrogen and oxygen atoms in total. The molecule has 6 heteroatoms. The molecule has 1 aliphatic rings. The van der Waals surface area contributed by atoms with Crippen LogP contribution in [0.2, 0.25) is 0 Å². The number of nitrogens with zero attached hydrogens (tertiary/aromatic N) is 1. The molecule has 1 saturated heterocycles. The van der Waals surface area contributed by atoms with E-state index < -0.39 is 0 Å². The van der Waals surface area contributed by atoms with Gasteiger partial charge in [-0.15, -0.1) is 0 Å². The summed E-state index contributed by atoms with van der Waals surface area (Å²) < 4.78 is 0. The van der Waals surface area contributed by atoms with Gasteiger partial charge in [0.15, 0.2) is 0 Å². The van der Waals surface area contributed by atoms with E-state index >= 15 is 0 Å². The number of hydrogen-bond acceptors (Lipinski definition) is 4. The lowest BCUT2D eigenvalue weighted by atomic mass is 9.95. The molecule has 4 N–H and O–H groups in total. The topological polar surface area (TPSA) is 95.7 Å². The van der Waals surface area contributed by atoms with Crippen molar-refractivity contribution in [1.29, 1.82) is 0 Å². The average Bonchev–Trinajstić information content (AvgIpc) is 2.47. The van der Waals surface area contributed by atoms with Crippen molar-refractivity contribution in [2.24, 2.45) is 17.6 Å². The van der Waals surface area contributed by atoms with Crippen LogP contribution in [0.25, 0.3) is 0 Å². The van der Waals surface area contributed by atoms with E-state index in [1.54, 1.807) is 0 Å². The Labute approximate surface area is 120 Å². The molecule has 0 aromatic carbocycles. The van der Waals surface area contributed by atoms with Crippen molar-refractivity contribution in [1.82, 2.24) is 10.2 Å². The summed E-state index contributed by atoms with van der Waals surface area (Å²) in [5, 5.41) is 11.5. The SMILES string of the molecule is CC(CN)CC(=O)N1CCC(C(=O)NCCCO)CC1. The van der Waals surface area contributed by atoms with Crippen molar-refractivity contribution >= 4 is 11.8 Å². The monoisotopic (exact) mass is 285 g/mol. The smallest absolute Gasteiger partial charge is 0.223 e. The lowest BCUT2D eigenvalue weighted by Gasteiger charge is -2.32. The molecule has 1 heterocycles. The van der Waals surface area contributed by atoms with E-state index in [1.165, 1.54) is 0 Å². The number of carbonyl (C=O) groups excluding carboxylic acids is 2. The summed E-state index contributed by atoms with van der Waals surface area (Å²) in [4.78, 5) is 25.7. The molecule has 0 aromatic heterocycles. The number of aliphatic hydroxyl groups is 1. The van der Waals surface area contributed by atoms with Crippen LogP contribution in [0.4, 0.5) is 0 Å². The molecule has 1 unspecified atom stereocenters. The largest absolute Gasteiger partial charge is 0.396 e. The van der Waals surface area contributed by atoms with E-state index in [0.29, 0.717) is 51.9 Å². The summed E-state index contributed by atoms with van der Waals surface area (Å²) in [6, 6.07) is 0. The molecule has 116 valence electrons. The molecule has 1 fully saturated rings. The summed E-state index contributed by atoms with van der Waals surface area (Å²) >= 11 is 0. The first-order chi connectivity index (χ1) is 9.58. The zero-order chi connectivity index (χ0) is 15.0. The van der Waals surface area contributed by atoms with Crippen LogP contribution < -0.4 is 11.1 Å². The molecule has 0 radical (unpaired) electrons. The van der Waals surface area contributed by atoms with Gasteiger partial charge < -0.3 is 21.1 Å². The third-order valence-corrected chi connectivity index (χ3v) is 3.78. The number of amides is 2. The van der Waals surface area contributed by atoms with Crippen molar-refractivity contribution in [2.75, 3.05) is 32.8 Å². The zero-order valence-corrected chi connectivity index (χ0v) is 12.3. The van der Waals surface area contributed by atoms with Gasteiger partial charge in [-0.3, -0.25) is 9.59 Å². The Hall–Kier alpha value is -1.14. The Bertz CT molecular complexity index is 315. The molecule has 0 aromatic rings. The maximum Gasteiger partial charge on any atom is 0.223 e. The van der Waals surface area contributed by atoms with Gasteiger partial charge in [0.1, 0.15) is 0 Å². The Morgan fingerprint density at radius 3 is 2.60 bits per heavy atom. The van der Waals surface area contributed by atoms with Crippen LogP contribution in [-0.2, 0) is 9.59 Å². The molecule has 0 aliphatic carbocycles. The van der Waals surface area contributed by atoms with Gasteiger partial charge in [0.05, 0.1) is 0 Å². The van der Waals surface area contributed by atoms with Crippen LogP contribution in [0, 0.1) is 11.8 Å². The van der Waals surface area contributed by atoms with Crippen LogP contribution in [0.5, 0.6) is 0 Å². The number of piperidine rings is 1. The van der Waals surface area contributed by atoms with Gasteiger partial charge in [0, 0.05) is 38.6 Å². The van der Waals surface area contributed by atoms with Crippen molar-refractivity contribution in [3.05, 3.63) is 0 Å². The van der Waals surface area contributed by atoms with Crippen molar-refractivity contribution < 1.29 is 14.7 Å². The van der Waals surface area contributed by atoms with Crippen molar-refractivity contribution in [3.8, 4) is 0 Å². The summed E-state index contributed by atoms with van der Waals surface area (Å²) in [6.45, 7) is 4.40. The first-order valence-electron chi connectivity index (χ1n) is 7.44. The van der Waals surface area contributed by atoms with E-state index in [2.05, 4.69) is 5.32 Å². The molecule has 1 atom stereocenters. The Kier molecular flexibility index (Phi) is 7.54. The minimum absolute atomic E-state index is 0.00956. The fraction of sp³-hybridized carbons (Fsp3) is 0.857. The quantitative estimate of drug-likeness (QED) is 0.560. The normalized spacial score (nSPS) is 17.9. The highest BCUT2D eigenvalue weighted by Crippen LogP contribution is 2.18. The molecular weight excluding hydrogens is 258 g/mol. The van der Waals surface area contributed by atoms with E-state index in [-0.39, 0.29) is 30.3 Å². The Balaban J connectivity index is 2.28. The molecule has 0 bridgehead atoms. The van der Waals surface area contributed by atoms with Crippen LogP contribution in [0.3, 0.4) is 0 Å². The summed E-state index contributed by atoms with van der Waals surface area (Å²) in [7, 11) is 0. The lowest BCUT2D eigenvalue weighted by Crippen LogP contribution is -2.43. The number of aliphatic hydroxyl groups excluding tert-OH is 1. The molecular formula is C14H27N3O3. The van der Waals surface area contributed by atoms with Gasteiger partial charge in [-0.2, -0.15) is 0 Å². The summed E-state index contributed by atoms with van der Waals surface area (Å²) in [6.07, 6.45) is 2.51. The number of rotatable bonds is 7. The van der Waals surface area contributed by atoms with E-state index in [0.717, 1.165) is 0 Å². The molecule has 0 saturated carbocycles. The molecule has 1 rings (SSSR count). The minimum atomic E-state index is -0.00956. The van der Waals surface area contributed by atoms with Gasteiger partial charge in [-0.1, -0.05) is 6.92 Å². The molecule has 1 aliphatic heterocycles. The van der Waals surface area contributed by atoms with Crippen LogP contribution in [0.1, 0.15) is 32.6 Å². The predicted octanol–water partition coefficient (Wildman–Crippen LogP) is -0.291. The van der Waals surface area contributed by atoms with E-state index in [1.807, 2.05) is 11.8 Å². The molecule has 2 amide bonds. The van der Waals surface area contributed by atoms with Crippen LogP contribution >= 0.6 is 0 Å². The fourth-order valence-corrected chi connectivity index (χ4v) is 2.34. The first kappa shape index (κ1) is 16.9. The fourth-order valence-electron chi connectivity index (χ4n) is 2.34. The Morgan fingerprint density at radius 2 is 2.05 bits per heavy atom. The maximum atomic E-state index is 12.0. The van der Waals surface area contributed by atoms with Gasteiger partial charge in [0.2, 0.25) is 11.8 Å². The maximum absolute atomic E-state index is 12.0. The highest BCUT2D eigenvalue weighted by molar-refractivity contribution is 5.80. The molecule has 20 heavy (non-hydrogen) atoms. The first-order valence-corrected chi connectivity index (χ1v) is 7.44. The average molecular weight is 285 g/mol. The van der Waals surface area contributed by atoms with Crippen molar-refractivity contribution in [3.63, 3.8) is 0 Å². The highest BCUT2D eigenvalue weighted by Gasteiger charge is 2.27. The minimum Gasteiger partial charge on any atom is -0.396 e. The summed E-state index contributed by atoms with van der Waals surface area (Å²) in [5.74, 6) is 0.384. The highest BCUT2D eigenvalue weighted by atomic mass is 16.3. The second-order valence-corrected chi connectivity index (χ2v) is 5.57. The lowest BCUT2D eigenvalue weighted by molar-refractivity contribution is -0.136. The third-order valence-electron chi connectivity index (χ3n) is 3.78. The molecule has 0 spiro atoms. The number of carbonyl (C=O) groups is 2. The zero-order valence-electron chi connectivity index (χ0n) is 12.3. The number of hydrogen-bond donors (Lipinski definition) is 3. The second kappa shape index (κ2) is 8.92. The number of nitrogens with two attached hydrogens (primary N) is 1. The second-order valence-electron chi connectivity index (χ2n) is 5.57. The van der Waals surface area contributed by atoms with Crippen molar-refractivity contribution in [2.45, 2.75) is 32.6 Å². The summed E-state index contributed by atoms with van der Waals surface area (Å²) in [5.41, 5.74) is 5.53. The van der Waals surface area contributed by atoms with E-state index in [9.17, 15) is 9.59 Å². The van der Waals surface area contributed by atoms with Crippen LogP contribution in [0.15, 0.2) is 0 Å². The van der Waals surface area contributed by atoms with Gasteiger partial charge in [-0.05, 0) is 31.7 Å². The standard InChI is InChI=1S/C14H27N3O3/c1-11(10-15)9-13(19)17-6-3-12(4-7-17)14(20)16-5-2-8-18/h11-12,18H,2-10,15H2,1H3,(H,16,20). The van der Waals surface area contributed by atoms with E-state index in [4.69, 9.17) is 10.8 Å². The van der Waals surface area contributed by atoms with Gasteiger partial charge >= 0.3 is 0 Å². The van der Waals surface area contributed by atoms with Gasteiger partial charge in [-0.25, -0.2) is 0 Å². The number of nitrogens with one attached hydrogen (secondary N) is 1.